The summed E-state index contributed by atoms with van der Waals surface area (Å²) in [5.41, 5.74) is -0.277. The van der Waals surface area contributed by atoms with Gasteiger partial charge in [0.05, 0.1) is 6.61 Å². The molecule has 106 valence electrons. The molecule has 2 rings (SSSR count). The van der Waals surface area contributed by atoms with Gasteiger partial charge in [0, 0.05) is 13.0 Å². The topological polar surface area (TPSA) is 75.2 Å². The molecule has 0 bridgehead atoms. The lowest BCUT2D eigenvalue weighted by Crippen LogP contribution is -2.17. The van der Waals surface area contributed by atoms with E-state index in [9.17, 15) is 14.3 Å². The summed E-state index contributed by atoms with van der Waals surface area (Å²) < 4.78 is 18.2. The summed E-state index contributed by atoms with van der Waals surface area (Å²) in [4.78, 5) is 18.6. The lowest BCUT2D eigenvalue weighted by atomic mass is 10.1. The second kappa shape index (κ2) is 5.83. The van der Waals surface area contributed by atoms with Crippen molar-refractivity contribution in [3.63, 3.8) is 0 Å². The number of nitrogens with zero attached hydrogens (tertiary/aromatic N) is 1. The number of hydrogen-bond donors (Lipinski definition) is 2. The maximum absolute atomic E-state index is 13.2. The third-order valence-electron chi connectivity index (χ3n) is 2.92. The quantitative estimate of drug-likeness (QED) is 0.897. The van der Waals surface area contributed by atoms with E-state index in [0.717, 1.165) is 0 Å². The Labute approximate surface area is 115 Å². The lowest BCUT2D eigenvalue weighted by molar-refractivity contribution is 0.181. The first-order valence-electron chi connectivity index (χ1n) is 6.11. The summed E-state index contributed by atoms with van der Waals surface area (Å²) >= 11 is 0. The summed E-state index contributed by atoms with van der Waals surface area (Å²) in [6.07, 6.45) is 0. The Hall–Kier alpha value is -2.21. The molecule has 1 atom stereocenters. The Bertz CT molecular complexity index is 670. The van der Waals surface area contributed by atoms with Gasteiger partial charge in [-0.05, 0) is 17.7 Å². The van der Waals surface area contributed by atoms with Crippen molar-refractivity contribution in [3.05, 3.63) is 46.3 Å². The molecule has 0 aliphatic carbocycles. The molecule has 0 radical (unpaired) electrons. The van der Waals surface area contributed by atoms with Crippen molar-refractivity contribution in [1.82, 2.24) is 9.97 Å². The molecule has 0 saturated carbocycles. The smallest absolute Gasteiger partial charge is 0.262 e. The number of benzene rings is 1. The minimum Gasteiger partial charge on any atom is -0.493 e. The second-order valence-corrected chi connectivity index (χ2v) is 4.52. The monoisotopic (exact) mass is 278 g/mol. The summed E-state index contributed by atoms with van der Waals surface area (Å²) in [6, 6.07) is 5.43. The number of aromatic hydroxyl groups is 1. The van der Waals surface area contributed by atoms with Crippen LogP contribution in [0.4, 0.5) is 4.39 Å². The molecule has 1 aromatic heterocycles. The highest BCUT2D eigenvalue weighted by Crippen LogP contribution is 2.25. The second-order valence-electron chi connectivity index (χ2n) is 4.52. The minimum atomic E-state index is -0.513. The first-order chi connectivity index (χ1) is 9.52. The van der Waals surface area contributed by atoms with Crippen molar-refractivity contribution in [3.8, 4) is 17.0 Å². The molecular weight excluding hydrogens is 263 g/mol. The summed E-state index contributed by atoms with van der Waals surface area (Å²) in [5, 5.41) is 9.94. The number of halogens is 1. The van der Waals surface area contributed by atoms with E-state index in [1.54, 1.807) is 0 Å². The molecule has 0 amide bonds. The van der Waals surface area contributed by atoms with Gasteiger partial charge in [0.25, 0.3) is 5.56 Å². The molecule has 6 heteroatoms. The van der Waals surface area contributed by atoms with Crippen molar-refractivity contribution in [2.24, 2.45) is 0 Å². The zero-order valence-electron chi connectivity index (χ0n) is 11.2. The molecule has 2 aromatic rings. The van der Waals surface area contributed by atoms with Crippen LogP contribution in [0.5, 0.6) is 5.88 Å². The zero-order valence-corrected chi connectivity index (χ0v) is 11.2. The van der Waals surface area contributed by atoms with E-state index in [0.29, 0.717) is 12.4 Å². The summed E-state index contributed by atoms with van der Waals surface area (Å²) in [7, 11) is 1.54. The van der Waals surface area contributed by atoms with Crippen LogP contribution in [0.3, 0.4) is 0 Å². The largest absolute Gasteiger partial charge is 0.493 e. The molecule has 0 spiro atoms. The molecule has 0 saturated heterocycles. The van der Waals surface area contributed by atoms with E-state index < -0.39 is 17.3 Å². The predicted molar refractivity (Wildman–Crippen MR) is 72.2 cm³/mol. The summed E-state index contributed by atoms with van der Waals surface area (Å²) in [5.74, 6) is -0.745. The van der Waals surface area contributed by atoms with Gasteiger partial charge in [-0.3, -0.25) is 4.79 Å². The third kappa shape index (κ3) is 2.85. The fraction of sp³-hybridized carbons (Fsp3) is 0.286. The number of hydrogen-bond acceptors (Lipinski definition) is 4. The molecule has 1 heterocycles. The van der Waals surface area contributed by atoms with Gasteiger partial charge in [-0.2, -0.15) is 4.98 Å². The molecule has 1 unspecified atom stereocenters. The standard InChI is InChI=1S/C14H15FN2O3/c1-8(7-20-2)12-16-13(18)11(14(19)17-12)9-4-3-5-10(15)6-9/h3-6,8H,7H2,1-2H3,(H2,16,17,18,19). The highest BCUT2D eigenvalue weighted by Gasteiger charge is 2.16. The maximum atomic E-state index is 13.2. The van der Waals surface area contributed by atoms with Crippen LogP contribution in [-0.2, 0) is 4.74 Å². The van der Waals surface area contributed by atoms with Crippen LogP contribution in [0.2, 0.25) is 0 Å². The molecule has 20 heavy (non-hydrogen) atoms. The van der Waals surface area contributed by atoms with Gasteiger partial charge < -0.3 is 14.8 Å². The van der Waals surface area contributed by atoms with E-state index in [-0.39, 0.29) is 17.0 Å². The van der Waals surface area contributed by atoms with Gasteiger partial charge in [0.2, 0.25) is 5.88 Å². The highest BCUT2D eigenvalue weighted by molar-refractivity contribution is 5.67. The number of ether oxygens (including phenoxy) is 1. The average Bonchev–Trinajstić information content (AvgIpc) is 2.38. The minimum absolute atomic E-state index is 0.0436. The lowest BCUT2D eigenvalue weighted by Gasteiger charge is -2.11. The molecule has 0 aliphatic rings. The molecular formula is C14H15FN2O3. The first-order valence-corrected chi connectivity index (χ1v) is 6.11. The number of nitrogens with one attached hydrogen (secondary N) is 1. The fourth-order valence-corrected chi connectivity index (χ4v) is 1.94. The number of aromatic amines is 1. The van der Waals surface area contributed by atoms with Crippen molar-refractivity contribution >= 4 is 0 Å². The molecule has 0 fully saturated rings. The highest BCUT2D eigenvalue weighted by atomic mass is 19.1. The van der Waals surface area contributed by atoms with Crippen molar-refractivity contribution in [2.45, 2.75) is 12.8 Å². The Morgan fingerprint density at radius 2 is 2.25 bits per heavy atom. The van der Waals surface area contributed by atoms with E-state index in [4.69, 9.17) is 4.74 Å². The van der Waals surface area contributed by atoms with Crippen molar-refractivity contribution in [2.75, 3.05) is 13.7 Å². The van der Waals surface area contributed by atoms with Gasteiger partial charge in [0.1, 0.15) is 17.2 Å². The van der Waals surface area contributed by atoms with Gasteiger partial charge in [-0.25, -0.2) is 4.39 Å². The van der Waals surface area contributed by atoms with Gasteiger partial charge in [-0.1, -0.05) is 19.1 Å². The van der Waals surface area contributed by atoms with E-state index in [1.165, 1.54) is 31.4 Å². The third-order valence-corrected chi connectivity index (χ3v) is 2.92. The Kier molecular flexibility index (Phi) is 4.14. The Morgan fingerprint density at radius 3 is 2.85 bits per heavy atom. The van der Waals surface area contributed by atoms with Crippen molar-refractivity contribution in [1.29, 1.82) is 0 Å². The predicted octanol–water partition coefficient (Wildman–Crippen LogP) is 2.03. The Morgan fingerprint density at radius 1 is 1.50 bits per heavy atom. The maximum Gasteiger partial charge on any atom is 0.262 e. The Balaban J connectivity index is 2.49. The van der Waals surface area contributed by atoms with Gasteiger partial charge >= 0.3 is 0 Å². The average molecular weight is 278 g/mol. The fourth-order valence-electron chi connectivity index (χ4n) is 1.94. The number of methoxy groups -OCH3 is 1. The number of H-pyrrole nitrogens is 1. The van der Waals surface area contributed by atoms with Crippen LogP contribution >= 0.6 is 0 Å². The van der Waals surface area contributed by atoms with Crippen LogP contribution in [0.15, 0.2) is 29.1 Å². The van der Waals surface area contributed by atoms with Gasteiger partial charge in [0.15, 0.2) is 0 Å². The van der Waals surface area contributed by atoms with Crippen LogP contribution in [0.1, 0.15) is 18.7 Å². The summed E-state index contributed by atoms with van der Waals surface area (Å²) in [6.45, 7) is 2.17. The normalized spacial score (nSPS) is 12.3. The van der Waals surface area contributed by atoms with E-state index in [1.807, 2.05) is 6.92 Å². The number of rotatable bonds is 4. The van der Waals surface area contributed by atoms with Crippen LogP contribution in [0.25, 0.3) is 11.1 Å². The van der Waals surface area contributed by atoms with Crippen LogP contribution < -0.4 is 5.56 Å². The van der Waals surface area contributed by atoms with Crippen molar-refractivity contribution < 1.29 is 14.2 Å². The van der Waals surface area contributed by atoms with E-state index in [2.05, 4.69) is 9.97 Å². The molecule has 1 aromatic carbocycles. The molecule has 2 N–H and O–H groups in total. The van der Waals surface area contributed by atoms with Crippen LogP contribution in [0, 0.1) is 5.82 Å². The SMILES string of the molecule is COCC(C)c1nc(O)c(-c2cccc(F)c2)c(=O)[nH]1. The first kappa shape index (κ1) is 14.2. The van der Waals surface area contributed by atoms with E-state index >= 15 is 0 Å². The van der Waals surface area contributed by atoms with Gasteiger partial charge in [-0.15, -0.1) is 0 Å². The molecule has 5 nitrogen and oxygen atoms in total. The zero-order chi connectivity index (χ0) is 14.7. The van der Waals surface area contributed by atoms with Crippen LogP contribution in [-0.4, -0.2) is 28.8 Å². The number of aromatic nitrogens is 2. The molecule has 0 aliphatic heterocycles.